The molecule has 0 aliphatic carbocycles. The second-order valence-corrected chi connectivity index (χ2v) is 4.54. The molecule has 2 rings (SSSR count). The van der Waals surface area contributed by atoms with Crippen molar-refractivity contribution in [3.8, 4) is 0 Å². The summed E-state index contributed by atoms with van der Waals surface area (Å²) in [6.45, 7) is 6.07. The molecule has 1 aliphatic rings. The van der Waals surface area contributed by atoms with Gasteiger partial charge in [0, 0.05) is 12.2 Å². The van der Waals surface area contributed by atoms with Gasteiger partial charge in [0.25, 0.3) is 0 Å². The first-order chi connectivity index (χ1) is 7.74. The number of nitrogens with zero attached hydrogens (tertiary/aromatic N) is 1. The van der Waals surface area contributed by atoms with Crippen molar-refractivity contribution in [1.29, 1.82) is 0 Å². The maximum atomic E-state index is 5.19. The molecular formula is C13H20N2O. The van der Waals surface area contributed by atoms with E-state index in [0.29, 0.717) is 12.6 Å². The van der Waals surface area contributed by atoms with Gasteiger partial charge in [-0.3, -0.25) is 0 Å². The summed E-state index contributed by atoms with van der Waals surface area (Å²) >= 11 is 0. The Morgan fingerprint density at radius 2 is 2.25 bits per heavy atom. The summed E-state index contributed by atoms with van der Waals surface area (Å²) in [4.78, 5) is 7.23. The molecule has 2 N–H and O–H groups in total. The van der Waals surface area contributed by atoms with Gasteiger partial charge in [0.15, 0.2) is 0 Å². The van der Waals surface area contributed by atoms with Crippen LogP contribution in [0, 0.1) is 13.8 Å². The van der Waals surface area contributed by atoms with Crippen molar-refractivity contribution in [2.45, 2.75) is 32.7 Å². The molecule has 88 valence electrons. The number of hydrogen-bond acceptors (Lipinski definition) is 3. The molecule has 1 aromatic carbocycles. The third-order valence-electron chi connectivity index (χ3n) is 3.55. The first-order valence-corrected chi connectivity index (χ1v) is 5.88. The Morgan fingerprint density at radius 3 is 3.00 bits per heavy atom. The van der Waals surface area contributed by atoms with Gasteiger partial charge in [0.05, 0.1) is 12.6 Å². The minimum absolute atomic E-state index is 0.436. The predicted octanol–water partition coefficient (Wildman–Crippen LogP) is 2.16. The zero-order valence-corrected chi connectivity index (χ0v) is 10.1. The fraction of sp³-hybridized carbons (Fsp3) is 0.538. The smallest absolute Gasteiger partial charge is 0.0882 e. The van der Waals surface area contributed by atoms with Gasteiger partial charge < -0.3 is 9.74 Å². The molecule has 0 bridgehead atoms. The Labute approximate surface area is 97.1 Å². The zero-order chi connectivity index (χ0) is 11.5. The summed E-state index contributed by atoms with van der Waals surface area (Å²) in [5.41, 5.74) is 4.04. The van der Waals surface area contributed by atoms with Crippen molar-refractivity contribution in [2.75, 3.05) is 18.1 Å². The third-order valence-corrected chi connectivity index (χ3v) is 3.55. The first-order valence-electron chi connectivity index (χ1n) is 5.88. The van der Waals surface area contributed by atoms with E-state index >= 15 is 0 Å². The molecule has 3 nitrogen and oxygen atoms in total. The molecule has 1 atom stereocenters. The molecule has 1 fully saturated rings. The van der Waals surface area contributed by atoms with E-state index in [0.717, 1.165) is 6.54 Å². The molecule has 0 radical (unpaired) electrons. The highest BCUT2D eigenvalue weighted by atomic mass is 16.6. The summed E-state index contributed by atoms with van der Waals surface area (Å²) < 4.78 is 0. The lowest BCUT2D eigenvalue weighted by Gasteiger charge is -2.28. The number of benzene rings is 1. The average Bonchev–Trinajstić information content (AvgIpc) is 2.71. The lowest BCUT2D eigenvalue weighted by Crippen LogP contribution is -2.34. The molecule has 0 aromatic heterocycles. The van der Waals surface area contributed by atoms with Crippen LogP contribution in [0.1, 0.15) is 24.0 Å². The first kappa shape index (κ1) is 11.4. The van der Waals surface area contributed by atoms with Crippen molar-refractivity contribution >= 4 is 5.69 Å². The number of nitrogens with two attached hydrogens (primary N) is 1. The molecule has 1 aromatic rings. The average molecular weight is 220 g/mol. The molecule has 0 spiro atoms. The van der Waals surface area contributed by atoms with Gasteiger partial charge in [-0.25, -0.2) is 5.90 Å². The second kappa shape index (κ2) is 4.85. The van der Waals surface area contributed by atoms with Gasteiger partial charge in [-0.2, -0.15) is 0 Å². The fourth-order valence-corrected chi connectivity index (χ4v) is 2.48. The number of rotatable bonds is 3. The number of hydrogen-bond donors (Lipinski definition) is 1. The van der Waals surface area contributed by atoms with E-state index in [2.05, 4.69) is 36.9 Å². The molecule has 16 heavy (non-hydrogen) atoms. The van der Waals surface area contributed by atoms with Crippen molar-refractivity contribution in [2.24, 2.45) is 5.90 Å². The summed E-state index contributed by atoms with van der Waals surface area (Å²) in [7, 11) is 0. The minimum Gasteiger partial charge on any atom is -0.366 e. The van der Waals surface area contributed by atoms with E-state index in [1.165, 1.54) is 29.7 Å². The molecule has 1 saturated heterocycles. The zero-order valence-electron chi connectivity index (χ0n) is 10.1. The standard InChI is InChI=1S/C13H20N2O/c1-10-5-3-7-13(11(10)2)15-8-4-6-12(15)9-16-14/h3,5,7,12H,4,6,8-9,14H2,1-2H3. The van der Waals surface area contributed by atoms with E-state index in [-0.39, 0.29) is 0 Å². The highest BCUT2D eigenvalue weighted by Crippen LogP contribution is 2.29. The number of anilines is 1. The van der Waals surface area contributed by atoms with Crippen LogP contribution >= 0.6 is 0 Å². The predicted molar refractivity (Wildman–Crippen MR) is 66.4 cm³/mol. The maximum absolute atomic E-state index is 5.19. The Kier molecular flexibility index (Phi) is 3.46. The fourth-order valence-electron chi connectivity index (χ4n) is 2.48. The molecule has 1 aliphatic heterocycles. The van der Waals surface area contributed by atoms with Crippen molar-refractivity contribution in [1.82, 2.24) is 0 Å². The molecule has 3 heteroatoms. The Balaban J connectivity index is 2.25. The van der Waals surface area contributed by atoms with Gasteiger partial charge in [0.1, 0.15) is 0 Å². The van der Waals surface area contributed by atoms with E-state index < -0.39 is 0 Å². The summed E-state index contributed by atoms with van der Waals surface area (Å²) in [5.74, 6) is 5.19. The largest absolute Gasteiger partial charge is 0.366 e. The quantitative estimate of drug-likeness (QED) is 0.793. The lowest BCUT2D eigenvalue weighted by molar-refractivity contribution is 0.124. The van der Waals surface area contributed by atoms with Gasteiger partial charge in [-0.15, -0.1) is 0 Å². The van der Waals surface area contributed by atoms with Crippen LogP contribution in [0.2, 0.25) is 0 Å². The summed E-state index contributed by atoms with van der Waals surface area (Å²) in [5, 5.41) is 0. The third kappa shape index (κ3) is 2.06. The highest BCUT2D eigenvalue weighted by molar-refractivity contribution is 5.57. The highest BCUT2D eigenvalue weighted by Gasteiger charge is 2.25. The topological polar surface area (TPSA) is 38.5 Å². The van der Waals surface area contributed by atoms with Crippen LogP contribution in [-0.4, -0.2) is 19.2 Å². The van der Waals surface area contributed by atoms with Crippen LogP contribution in [0.15, 0.2) is 18.2 Å². The van der Waals surface area contributed by atoms with Gasteiger partial charge in [-0.05, 0) is 43.9 Å². The normalized spacial score (nSPS) is 20.4. The van der Waals surface area contributed by atoms with E-state index in [9.17, 15) is 0 Å². The van der Waals surface area contributed by atoms with Crippen LogP contribution in [0.25, 0.3) is 0 Å². The Morgan fingerprint density at radius 1 is 1.44 bits per heavy atom. The van der Waals surface area contributed by atoms with Crippen LogP contribution in [-0.2, 0) is 4.84 Å². The summed E-state index contributed by atoms with van der Waals surface area (Å²) in [6.07, 6.45) is 2.39. The number of aryl methyl sites for hydroxylation is 1. The molecular weight excluding hydrogens is 200 g/mol. The lowest BCUT2D eigenvalue weighted by atomic mass is 10.1. The van der Waals surface area contributed by atoms with Crippen molar-refractivity contribution in [3.63, 3.8) is 0 Å². The SMILES string of the molecule is Cc1cccc(N2CCCC2CON)c1C. The monoisotopic (exact) mass is 220 g/mol. The molecule has 1 heterocycles. The van der Waals surface area contributed by atoms with Crippen molar-refractivity contribution in [3.05, 3.63) is 29.3 Å². The van der Waals surface area contributed by atoms with Gasteiger partial charge in [0.2, 0.25) is 0 Å². The van der Waals surface area contributed by atoms with Gasteiger partial charge in [-0.1, -0.05) is 12.1 Å². The van der Waals surface area contributed by atoms with Crippen LogP contribution in [0.3, 0.4) is 0 Å². The minimum atomic E-state index is 0.436. The van der Waals surface area contributed by atoms with Crippen LogP contribution < -0.4 is 10.8 Å². The van der Waals surface area contributed by atoms with E-state index in [4.69, 9.17) is 10.7 Å². The molecule has 0 saturated carbocycles. The Bertz CT molecular complexity index is 365. The van der Waals surface area contributed by atoms with E-state index in [1.54, 1.807) is 0 Å². The van der Waals surface area contributed by atoms with Crippen molar-refractivity contribution < 1.29 is 4.84 Å². The van der Waals surface area contributed by atoms with Gasteiger partial charge >= 0.3 is 0 Å². The van der Waals surface area contributed by atoms with E-state index in [1.807, 2.05) is 0 Å². The molecule has 1 unspecified atom stereocenters. The maximum Gasteiger partial charge on any atom is 0.0882 e. The van der Waals surface area contributed by atoms with Crippen LogP contribution in [0.5, 0.6) is 0 Å². The summed E-state index contributed by atoms with van der Waals surface area (Å²) in [6, 6.07) is 6.90. The van der Waals surface area contributed by atoms with Crippen LogP contribution in [0.4, 0.5) is 5.69 Å². The molecule has 0 amide bonds. The Hall–Kier alpha value is -1.06. The second-order valence-electron chi connectivity index (χ2n) is 4.54.